The van der Waals surface area contributed by atoms with Crippen molar-refractivity contribution in [1.82, 2.24) is 9.97 Å². The van der Waals surface area contributed by atoms with Gasteiger partial charge in [0, 0.05) is 49.7 Å². The highest BCUT2D eigenvalue weighted by molar-refractivity contribution is 6.05. The molecule has 0 saturated carbocycles. The number of rotatable bonds is 6. The summed E-state index contributed by atoms with van der Waals surface area (Å²) in [5, 5.41) is 15.4. The fraction of sp³-hybridized carbons (Fsp3) is 0.0204. The molecule has 0 spiro atoms. The van der Waals surface area contributed by atoms with Crippen LogP contribution in [0.5, 0.6) is 5.75 Å². The van der Waals surface area contributed by atoms with Gasteiger partial charge in [0.15, 0.2) is 0 Å². The average molecular weight is 697 g/mol. The van der Waals surface area contributed by atoms with E-state index in [-0.39, 0.29) is 5.75 Å². The fourth-order valence-corrected chi connectivity index (χ4v) is 7.40. The van der Waals surface area contributed by atoms with Gasteiger partial charge < -0.3 is 13.9 Å². The van der Waals surface area contributed by atoms with E-state index < -0.39 is 0 Å². The van der Waals surface area contributed by atoms with E-state index in [4.69, 9.17) is 18.8 Å². The molecule has 0 saturated heterocycles. The third kappa shape index (κ3) is 5.60. The summed E-state index contributed by atoms with van der Waals surface area (Å²) in [7, 11) is 0. The van der Waals surface area contributed by atoms with Crippen molar-refractivity contribution in [2.75, 3.05) is 0 Å². The molecule has 0 radical (unpaired) electrons. The van der Waals surface area contributed by atoms with Crippen molar-refractivity contribution < 1.29 is 13.9 Å². The highest BCUT2D eigenvalue weighted by Crippen LogP contribution is 2.39. The molecule has 0 unspecified atom stereocenters. The number of aryl methyl sites for hydroxylation is 1. The predicted octanol–water partition coefficient (Wildman–Crippen LogP) is 13.1. The smallest absolute Gasteiger partial charge is 0.136 e. The molecule has 256 valence electrons. The van der Waals surface area contributed by atoms with E-state index in [1.165, 1.54) is 0 Å². The first-order valence-corrected chi connectivity index (χ1v) is 17.9. The van der Waals surface area contributed by atoms with Crippen LogP contribution in [-0.4, -0.2) is 15.1 Å². The number of aromatic hydroxyl groups is 1. The lowest BCUT2D eigenvalue weighted by atomic mass is 9.97. The summed E-state index contributed by atoms with van der Waals surface area (Å²) in [6.45, 7) is 2.00. The SMILES string of the molecule is Cc1cc(-c2ccc(-c3ccc4c(c3)oc3ccccc34)o2)cc(-c2cccc(-c3cc(-c4ccccc4)cc(-c4ccc5ccccc5c4O)n3)c2)n1. The first-order chi connectivity index (χ1) is 26.5. The van der Waals surface area contributed by atoms with E-state index in [9.17, 15) is 5.11 Å². The van der Waals surface area contributed by atoms with Gasteiger partial charge in [-0.15, -0.1) is 0 Å². The molecular formula is C49H32N2O3. The zero-order valence-corrected chi connectivity index (χ0v) is 29.3. The number of furan rings is 2. The number of benzene rings is 6. The molecular weight excluding hydrogens is 665 g/mol. The number of aromatic nitrogens is 2. The van der Waals surface area contributed by atoms with E-state index in [0.29, 0.717) is 11.3 Å². The van der Waals surface area contributed by atoms with Gasteiger partial charge in [0.1, 0.15) is 28.4 Å². The Morgan fingerprint density at radius 3 is 1.93 bits per heavy atom. The third-order valence-electron chi connectivity index (χ3n) is 10.1. The Labute approximate surface area is 311 Å². The van der Waals surface area contributed by atoms with Crippen molar-refractivity contribution in [3.8, 4) is 73.3 Å². The average Bonchev–Trinajstić information content (AvgIpc) is 3.87. The van der Waals surface area contributed by atoms with E-state index in [1.807, 2.05) is 116 Å². The molecule has 0 aliphatic heterocycles. The highest BCUT2D eigenvalue weighted by atomic mass is 16.3. The summed E-state index contributed by atoms with van der Waals surface area (Å²) in [4.78, 5) is 10.1. The van der Waals surface area contributed by atoms with Crippen LogP contribution in [0.1, 0.15) is 5.69 Å². The molecule has 10 rings (SSSR count). The molecule has 4 heterocycles. The van der Waals surface area contributed by atoms with Gasteiger partial charge in [-0.1, -0.05) is 103 Å². The highest BCUT2D eigenvalue weighted by Gasteiger charge is 2.16. The first-order valence-electron chi connectivity index (χ1n) is 17.9. The van der Waals surface area contributed by atoms with Crippen LogP contribution < -0.4 is 0 Å². The van der Waals surface area contributed by atoms with Gasteiger partial charge >= 0.3 is 0 Å². The number of phenols is 1. The molecule has 5 nitrogen and oxygen atoms in total. The van der Waals surface area contributed by atoms with Crippen molar-refractivity contribution in [2.24, 2.45) is 0 Å². The lowest BCUT2D eigenvalue weighted by molar-refractivity contribution is 0.483. The van der Waals surface area contributed by atoms with Crippen LogP contribution >= 0.6 is 0 Å². The molecule has 0 amide bonds. The van der Waals surface area contributed by atoms with Crippen LogP contribution in [0, 0.1) is 6.92 Å². The van der Waals surface area contributed by atoms with Crippen LogP contribution in [0.3, 0.4) is 0 Å². The van der Waals surface area contributed by atoms with Gasteiger partial charge in [-0.25, -0.2) is 4.98 Å². The van der Waals surface area contributed by atoms with Crippen LogP contribution in [-0.2, 0) is 0 Å². The molecule has 0 fully saturated rings. The van der Waals surface area contributed by atoms with Gasteiger partial charge in [0.2, 0.25) is 0 Å². The van der Waals surface area contributed by atoms with Crippen molar-refractivity contribution in [3.05, 3.63) is 176 Å². The normalized spacial score (nSPS) is 11.5. The van der Waals surface area contributed by atoms with E-state index in [2.05, 4.69) is 60.7 Å². The van der Waals surface area contributed by atoms with Crippen LogP contribution in [0.25, 0.3) is 100 Å². The topological polar surface area (TPSA) is 72.3 Å². The standard InChI is InChI=1S/C49H32N2O3/c1-30-24-37(46-23-22-45(53-46)35-19-20-40-39-16-7-8-17-47(39)54-48(40)29-35)28-42(50-30)33-13-9-14-34(25-33)43-26-36(31-10-3-2-4-11-31)27-44(51-43)41-21-18-32-12-5-6-15-38(32)49(41)52/h2-29,52H,1H3. The minimum Gasteiger partial charge on any atom is -0.507 e. The van der Waals surface area contributed by atoms with Gasteiger partial charge in [-0.3, -0.25) is 4.98 Å². The monoisotopic (exact) mass is 696 g/mol. The molecule has 10 aromatic rings. The summed E-state index contributed by atoms with van der Waals surface area (Å²) in [5.74, 6) is 1.75. The molecule has 1 N–H and O–H groups in total. The zero-order chi connectivity index (χ0) is 36.2. The maximum absolute atomic E-state index is 11.4. The van der Waals surface area contributed by atoms with Crippen molar-refractivity contribution >= 4 is 32.7 Å². The van der Waals surface area contributed by atoms with Crippen molar-refractivity contribution in [3.63, 3.8) is 0 Å². The van der Waals surface area contributed by atoms with Crippen molar-refractivity contribution in [2.45, 2.75) is 6.92 Å². The predicted molar refractivity (Wildman–Crippen MR) is 218 cm³/mol. The number of phenolic OH excluding ortho intramolecular Hbond substituents is 1. The Kier molecular flexibility index (Phi) is 7.44. The molecule has 6 aromatic carbocycles. The number of nitrogens with zero attached hydrogens (tertiary/aromatic N) is 2. The minimum absolute atomic E-state index is 0.221. The summed E-state index contributed by atoms with van der Waals surface area (Å²) in [6.07, 6.45) is 0. The second-order valence-corrected chi connectivity index (χ2v) is 13.6. The Bertz CT molecular complexity index is 3030. The fourth-order valence-electron chi connectivity index (χ4n) is 7.40. The van der Waals surface area contributed by atoms with E-state index in [1.54, 1.807) is 0 Å². The van der Waals surface area contributed by atoms with Crippen LogP contribution in [0.2, 0.25) is 0 Å². The van der Waals surface area contributed by atoms with E-state index in [0.717, 1.165) is 94.7 Å². The number of hydrogen-bond donors (Lipinski definition) is 1. The van der Waals surface area contributed by atoms with Crippen molar-refractivity contribution in [1.29, 1.82) is 0 Å². The second-order valence-electron chi connectivity index (χ2n) is 13.6. The van der Waals surface area contributed by atoms with Gasteiger partial charge in [0.25, 0.3) is 0 Å². The first kappa shape index (κ1) is 31.5. The maximum Gasteiger partial charge on any atom is 0.136 e. The maximum atomic E-state index is 11.4. The number of para-hydroxylation sites is 1. The van der Waals surface area contributed by atoms with Crippen LogP contribution in [0.15, 0.2) is 179 Å². The zero-order valence-electron chi connectivity index (χ0n) is 29.3. The molecule has 54 heavy (non-hydrogen) atoms. The largest absolute Gasteiger partial charge is 0.507 e. The summed E-state index contributed by atoms with van der Waals surface area (Å²) >= 11 is 0. The Balaban J connectivity index is 1.02. The summed E-state index contributed by atoms with van der Waals surface area (Å²) < 4.78 is 12.6. The third-order valence-corrected chi connectivity index (χ3v) is 10.1. The molecule has 0 bridgehead atoms. The second kappa shape index (κ2) is 12.8. The molecule has 0 atom stereocenters. The Morgan fingerprint density at radius 1 is 0.407 bits per heavy atom. The summed E-state index contributed by atoms with van der Waals surface area (Å²) in [6, 6.07) is 57.0. The molecule has 0 aliphatic rings. The minimum atomic E-state index is 0.221. The molecule has 4 aromatic heterocycles. The number of hydrogen-bond acceptors (Lipinski definition) is 5. The Morgan fingerprint density at radius 2 is 1.07 bits per heavy atom. The quantitative estimate of drug-likeness (QED) is 0.187. The summed E-state index contributed by atoms with van der Waals surface area (Å²) in [5.41, 5.74) is 11.5. The van der Waals surface area contributed by atoms with Gasteiger partial charge in [0.05, 0.1) is 17.1 Å². The number of fused-ring (bicyclic) bond motifs is 4. The van der Waals surface area contributed by atoms with Crippen LogP contribution in [0.4, 0.5) is 0 Å². The lowest BCUT2D eigenvalue weighted by Crippen LogP contribution is -1.93. The van der Waals surface area contributed by atoms with E-state index >= 15 is 0 Å². The molecule has 0 aliphatic carbocycles. The van der Waals surface area contributed by atoms with Gasteiger partial charge in [-0.05, 0) is 90.2 Å². The molecule has 5 heteroatoms. The van der Waals surface area contributed by atoms with Gasteiger partial charge in [-0.2, -0.15) is 0 Å². The lowest BCUT2D eigenvalue weighted by Gasteiger charge is -2.13. The Hall–Kier alpha value is -7.24. The number of pyridine rings is 2.